The minimum atomic E-state index is -0.328. The van der Waals surface area contributed by atoms with Gasteiger partial charge in [0.2, 0.25) is 0 Å². The number of aromatic nitrogens is 4. The first-order chi connectivity index (χ1) is 14.0. The lowest BCUT2D eigenvalue weighted by atomic mass is 10.2. The number of benzene rings is 1. The molecular formula is C21H24N4O4. The van der Waals surface area contributed by atoms with E-state index in [1.165, 1.54) is 9.13 Å². The van der Waals surface area contributed by atoms with E-state index in [1.54, 1.807) is 18.5 Å². The molecule has 0 amide bonds. The molecule has 0 saturated carbocycles. The molecule has 1 aliphatic rings. The van der Waals surface area contributed by atoms with Crippen molar-refractivity contribution in [3.05, 3.63) is 56.5 Å². The lowest BCUT2D eigenvalue weighted by molar-refractivity contribution is -0.0796. The summed E-state index contributed by atoms with van der Waals surface area (Å²) in [5.41, 5.74) is 1.15. The van der Waals surface area contributed by atoms with Gasteiger partial charge in [-0.3, -0.25) is 13.9 Å². The van der Waals surface area contributed by atoms with Crippen LogP contribution in [0.1, 0.15) is 25.2 Å². The van der Waals surface area contributed by atoms with Gasteiger partial charge in [0.05, 0.1) is 13.2 Å². The number of fused-ring (bicyclic) bond motifs is 1. The SMILES string of the molecule is CCn1c(=O)c2c(nc(C=Cc3cccc(OC4COC4)c3)n2C)n(CC)c1=O. The number of hydrogen-bond donors (Lipinski definition) is 0. The third-order valence-corrected chi connectivity index (χ3v) is 5.10. The van der Waals surface area contributed by atoms with Gasteiger partial charge < -0.3 is 14.0 Å². The maximum absolute atomic E-state index is 12.8. The summed E-state index contributed by atoms with van der Waals surface area (Å²) in [4.78, 5) is 29.9. The largest absolute Gasteiger partial charge is 0.486 e. The summed E-state index contributed by atoms with van der Waals surface area (Å²) in [6.07, 6.45) is 3.87. The van der Waals surface area contributed by atoms with Crippen LogP contribution in [0.2, 0.25) is 0 Å². The highest BCUT2D eigenvalue weighted by Gasteiger charge is 2.20. The van der Waals surface area contributed by atoms with E-state index in [1.807, 2.05) is 43.3 Å². The van der Waals surface area contributed by atoms with Gasteiger partial charge >= 0.3 is 5.69 Å². The number of aryl methyl sites for hydroxylation is 2. The molecule has 4 rings (SSSR count). The lowest BCUT2D eigenvalue weighted by Gasteiger charge is -2.26. The van der Waals surface area contributed by atoms with Crippen LogP contribution in [0, 0.1) is 0 Å². The molecule has 0 atom stereocenters. The zero-order chi connectivity index (χ0) is 20.5. The highest BCUT2D eigenvalue weighted by molar-refractivity contribution is 5.76. The molecule has 1 aromatic carbocycles. The van der Waals surface area contributed by atoms with Gasteiger partial charge in [-0.2, -0.15) is 0 Å². The first-order valence-corrected chi connectivity index (χ1v) is 9.76. The number of ether oxygens (including phenoxy) is 2. The molecular weight excluding hydrogens is 372 g/mol. The molecule has 8 heteroatoms. The van der Waals surface area contributed by atoms with Gasteiger partial charge in [0, 0.05) is 20.1 Å². The zero-order valence-electron chi connectivity index (χ0n) is 16.8. The van der Waals surface area contributed by atoms with Crippen molar-refractivity contribution in [3.8, 4) is 5.75 Å². The minimum Gasteiger partial charge on any atom is -0.486 e. The van der Waals surface area contributed by atoms with Gasteiger partial charge in [0.15, 0.2) is 11.2 Å². The predicted molar refractivity (Wildman–Crippen MR) is 111 cm³/mol. The molecule has 3 heterocycles. The van der Waals surface area contributed by atoms with Crippen molar-refractivity contribution in [1.82, 2.24) is 18.7 Å². The van der Waals surface area contributed by atoms with Crippen LogP contribution in [0.3, 0.4) is 0 Å². The minimum absolute atomic E-state index is 0.112. The fourth-order valence-electron chi connectivity index (χ4n) is 3.43. The molecule has 0 N–H and O–H groups in total. The standard InChI is InChI=1S/C21H24N4O4/c1-4-24-19-18(20(26)25(5-2)21(24)27)23(3)17(22-19)10-9-14-7-6-8-15(11-14)29-16-12-28-13-16/h6-11,16H,4-5,12-13H2,1-3H3. The van der Waals surface area contributed by atoms with Crippen LogP contribution in [-0.2, 0) is 24.9 Å². The molecule has 3 aromatic rings. The van der Waals surface area contributed by atoms with Crippen LogP contribution in [0.25, 0.3) is 23.3 Å². The van der Waals surface area contributed by atoms with Crippen LogP contribution in [-0.4, -0.2) is 38.0 Å². The first kappa shape index (κ1) is 19.2. The summed E-state index contributed by atoms with van der Waals surface area (Å²) in [7, 11) is 1.79. The Bertz CT molecular complexity index is 1200. The Morgan fingerprint density at radius 2 is 1.93 bits per heavy atom. The Kier molecular flexibility index (Phi) is 5.10. The van der Waals surface area contributed by atoms with Crippen LogP contribution in [0.5, 0.6) is 5.75 Å². The van der Waals surface area contributed by atoms with E-state index < -0.39 is 0 Å². The Labute approximate surface area is 167 Å². The third kappa shape index (κ3) is 3.40. The van der Waals surface area contributed by atoms with E-state index in [-0.39, 0.29) is 17.4 Å². The maximum Gasteiger partial charge on any atom is 0.332 e. The van der Waals surface area contributed by atoms with Crippen molar-refractivity contribution in [1.29, 1.82) is 0 Å². The molecule has 0 aliphatic carbocycles. The summed E-state index contributed by atoms with van der Waals surface area (Å²) in [5, 5.41) is 0. The average Bonchev–Trinajstić information content (AvgIpc) is 3.01. The maximum atomic E-state index is 12.8. The van der Waals surface area contributed by atoms with Crippen molar-refractivity contribution in [3.63, 3.8) is 0 Å². The average molecular weight is 396 g/mol. The summed E-state index contributed by atoms with van der Waals surface area (Å²) in [5.74, 6) is 1.39. The molecule has 2 aromatic heterocycles. The van der Waals surface area contributed by atoms with Gasteiger partial charge in [-0.1, -0.05) is 18.2 Å². The van der Waals surface area contributed by atoms with E-state index in [2.05, 4.69) is 4.98 Å². The normalized spacial score (nSPS) is 14.6. The van der Waals surface area contributed by atoms with Crippen molar-refractivity contribution in [2.75, 3.05) is 13.2 Å². The summed E-state index contributed by atoms with van der Waals surface area (Å²) in [6.45, 7) is 5.66. The van der Waals surface area contributed by atoms with Gasteiger partial charge in [-0.05, 0) is 37.6 Å². The molecule has 152 valence electrons. The van der Waals surface area contributed by atoms with Gasteiger partial charge in [-0.15, -0.1) is 0 Å². The number of hydrogen-bond acceptors (Lipinski definition) is 5. The topological polar surface area (TPSA) is 80.3 Å². The quantitative estimate of drug-likeness (QED) is 0.636. The number of rotatable bonds is 6. The van der Waals surface area contributed by atoms with Crippen molar-refractivity contribution < 1.29 is 9.47 Å². The van der Waals surface area contributed by atoms with Crippen molar-refractivity contribution >= 4 is 23.3 Å². The van der Waals surface area contributed by atoms with E-state index >= 15 is 0 Å². The second-order valence-corrected chi connectivity index (χ2v) is 6.96. The summed E-state index contributed by atoms with van der Waals surface area (Å²) < 4.78 is 15.5. The zero-order valence-corrected chi connectivity index (χ0v) is 16.8. The highest BCUT2D eigenvalue weighted by atomic mass is 16.6. The monoisotopic (exact) mass is 396 g/mol. The summed E-state index contributed by atoms with van der Waals surface area (Å²) >= 11 is 0. The van der Waals surface area contributed by atoms with Gasteiger partial charge in [0.1, 0.15) is 17.7 Å². The molecule has 0 radical (unpaired) electrons. The van der Waals surface area contributed by atoms with Gasteiger partial charge in [0.25, 0.3) is 5.56 Å². The molecule has 0 unspecified atom stereocenters. The van der Waals surface area contributed by atoms with Crippen molar-refractivity contribution in [2.24, 2.45) is 7.05 Å². The van der Waals surface area contributed by atoms with E-state index in [0.29, 0.717) is 43.3 Å². The second kappa shape index (κ2) is 7.71. The lowest BCUT2D eigenvalue weighted by Crippen LogP contribution is -2.39. The van der Waals surface area contributed by atoms with Gasteiger partial charge in [-0.25, -0.2) is 9.78 Å². The molecule has 1 aliphatic heterocycles. The molecule has 1 fully saturated rings. The molecule has 0 bridgehead atoms. The molecule has 1 saturated heterocycles. The fourth-order valence-corrected chi connectivity index (χ4v) is 3.43. The summed E-state index contributed by atoms with van der Waals surface area (Å²) in [6, 6.07) is 7.76. The van der Waals surface area contributed by atoms with E-state index in [4.69, 9.17) is 9.47 Å². The number of imidazole rings is 1. The third-order valence-electron chi connectivity index (χ3n) is 5.10. The Morgan fingerprint density at radius 3 is 2.59 bits per heavy atom. The number of nitrogens with zero attached hydrogens (tertiary/aromatic N) is 4. The molecule has 8 nitrogen and oxygen atoms in total. The first-order valence-electron chi connectivity index (χ1n) is 9.76. The molecule has 29 heavy (non-hydrogen) atoms. The van der Waals surface area contributed by atoms with Crippen LogP contribution < -0.4 is 16.0 Å². The molecule has 0 spiro atoms. The second-order valence-electron chi connectivity index (χ2n) is 6.96. The van der Waals surface area contributed by atoms with E-state index in [0.717, 1.165) is 11.3 Å². The van der Waals surface area contributed by atoms with Crippen LogP contribution in [0.15, 0.2) is 33.9 Å². The predicted octanol–water partition coefficient (Wildman–Crippen LogP) is 1.88. The smallest absolute Gasteiger partial charge is 0.332 e. The van der Waals surface area contributed by atoms with Crippen LogP contribution >= 0.6 is 0 Å². The fraction of sp³-hybridized carbons (Fsp3) is 0.381. The Balaban J connectivity index is 1.72. The highest BCUT2D eigenvalue weighted by Crippen LogP contribution is 2.19. The van der Waals surface area contributed by atoms with E-state index in [9.17, 15) is 9.59 Å². The Hall–Kier alpha value is -3.13. The van der Waals surface area contributed by atoms with Crippen molar-refractivity contribution in [2.45, 2.75) is 33.0 Å². The van der Waals surface area contributed by atoms with Crippen LogP contribution in [0.4, 0.5) is 0 Å². The Morgan fingerprint density at radius 1 is 1.17 bits per heavy atom.